The first-order valence-electron chi connectivity index (χ1n) is 6.59. The summed E-state index contributed by atoms with van der Waals surface area (Å²) in [7, 11) is 0. The number of hydrogen-bond donors (Lipinski definition) is 2. The Bertz CT molecular complexity index is 435. The van der Waals surface area contributed by atoms with E-state index in [1.807, 2.05) is 4.90 Å². The molecule has 2 rings (SSSR count). The number of nitrogens with one attached hydrogen (secondary N) is 1. The van der Waals surface area contributed by atoms with Crippen LogP contribution >= 0.6 is 0 Å². The van der Waals surface area contributed by atoms with Crippen molar-refractivity contribution < 1.29 is 14.3 Å². The van der Waals surface area contributed by atoms with Crippen molar-refractivity contribution in [3.05, 3.63) is 30.1 Å². The summed E-state index contributed by atoms with van der Waals surface area (Å²) in [5, 5.41) is 11.7. The van der Waals surface area contributed by atoms with Crippen LogP contribution in [0, 0.1) is 5.82 Å². The number of aliphatic hydroxyl groups is 1. The third-order valence-electron chi connectivity index (χ3n) is 3.43. The highest BCUT2D eigenvalue weighted by Crippen LogP contribution is 2.24. The van der Waals surface area contributed by atoms with Crippen LogP contribution < -0.4 is 5.32 Å². The van der Waals surface area contributed by atoms with E-state index in [2.05, 4.69) is 5.32 Å². The Hall–Kier alpha value is -1.46. The second-order valence-electron chi connectivity index (χ2n) is 4.84. The normalized spacial score (nSPS) is 15.3. The van der Waals surface area contributed by atoms with Gasteiger partial charge in [-0.3, -0.25) is 9.69 Å². The highest BCUT2D eigenvalue weighted by Gasteiger charge is 2.25. The minimum absolute atomic E-state index is 0.0454. The van der Waals surface area contributed by atoms with Crippen molar-refractivity contribution in [3.63, 3.8) is 0 Å². The second kappa shape index (κ2) is 6.63. The summed E-state index contributed by atoms with van der Waals surface area (Å²) in [5.74, 6) is -0.546. The molecule has 0 aromatic heterocycles. The van der Waals surface area contributed by atoms with Gasteiger partial charge in [0.15, 0.2) is 0 Å². The molecule has 1 saturated carbocycles. The summed E-state index contributed by atoms with van der Waals surface area (Å²) in [5.41, 5.74) is 0.461. The molecular weight excluding hydrogens is 247 g/mol. The first-order valence-corrected chi connectivity index (χ1v) is 6.59. The monoisotopic (exact) mass is 266 g/mol. The molecule has 1 fully saturated rings. The van der Waals surface area contributed by atoms with Gasteiger partial charge >= 0.3 is 0 Å². The number of benzene rings is 1. The zero-order chi connectivity index (χ0) is 13.7. The smallest absolute Gasteiger partial charge is 0.238 e. The van der Waals surface area contributed by atoms with Crippen LogP contribution in [0.2, 0.25) is 0 Å². The van der Waals surface area contributed by atoms with Crippen molar-refractivity contribution in [1.29, 1.82) is 0 Å². The van der Waals surface area contributed by atoms with Crippen molar-refractivity contribution in [3.8, 4) is 0 Å². The molecule has 0 radical (unpaired) electrons. The minimum atomic E-state index is -0.371. The van der Waals surface area contributed by atoms with Gasteiger partial charge < -0.3 is 10.4 Å². The molecule has 0 unspecified atom stereocenters. The van der Waals surface area contributed by atoms with Gasteiger partial charge in [0.2, 0.25) is 5.91 Å². The number of anilines is 1. The lowest BCUT2D eigenvalue weighted by atomic mass is 9.91. The number of rotatable bonds is 6. The fraction of sp³-hybridized carbons (Fsp3) is 0.500. The largest absolute Gasteiger partial charge is 0.395 e. The van der Waals surface area contributed by atoms with Gasteiger partial charge in [0, 0.05) is 18.3 Å². The average Bonchev–Trinajstić information content (AvgIpc) is 2.26. The zero-order valence-electron chi connectivity index (χ0n) is 10.8. The van der Waals surface area contributed by atoms with Gasteiger partial charge in [0.05, 0.1) is 13.2 Å². The van der Waals surface area contributed by atoms with Crippen molar-refractivity contribution in [2.45, 2.75) is 25.3 Å². The highest BCUT2D eigenvalue weighted by atomic mass is 19.1. The Kier molecular flexibility index (Phi) is 4.87. The zero-order valence-corrected chi connectivity index (χ0v) is 10.8. The van der Waals surface area contributed by atoms with Crippen molar-refractivity contribution >= 4 is 11.6 Å². The third kappa shape index (κ3) is 4.01. The molecule has 0 spiro atoms. The summed E-state index contributed by atoms with van der Waals surface area (Å²) in [4.78, 5) is 13.9. The minimum Gasteiger partial charge on any atom is -0.395 e. The molecule has 2 N–H and O–H groups in total. The number of carbonyl (C=O) groups is 1. The Morgan fingerprint density at radius 2 is 2.26 bits per heavy atom. The summed E-state index contributed by atoms with van der Waals surface area (Å²) < 4.78 is 13.0. The van der Waals surface area contributed by atoms with Crippen LogP contribution in [0.25, 0.3) is 0 Å². The van der Waals surface area contributed by atoms with E-state index in [0.29, 0.717) is 18.3 Å². The molecule has 0 aliphatic heterocycles. The first-order chi connectivity index (χ1) is 9.19. The van der Waals surface area contributed by atoms with Gasteiger partial charge in [-0.2, -0.15) is 0 Å². The van der Waals surface area contributed by atoms with E-state index >= 15 is 0 Å². The van der Waals surface area contributed by atoms with Gasteiger partial charge in [-0.15, -0.1) is 0 Å². The van der Waals surface area contributed by atoms with E-state index in [-0.39, 0.29) is 24.9 Å². The Morgan fingerprint density at radius 1 is 1.47 bits per heavy atom. The molecule has 1 aliphatic carbocycles. The molecule has 0 saturated heterocycles. The van der Waals surface area contributed by atoms with Crippen molar-refractivity contribution in [1.82, 2.24) is 4.90 Å². The fourth-order valence-corrected chi connectivity index (χ4v) is 2.22. The summed E-state index contributed by atoms with van der Waals surface area (Å²) >= 11 is 0. The second-order valence-corrected chi connectivity index (χ2v) is 4.84. The molecule has 0 atom stereocenters. The summed E-state index contributed by atoms with van der Waals surface area (Å²) in [6.45, 7) is 0.784. The summed E-state index contributed by atoms with van der Waals surface area (Å²) in [6, 6.07) is 6.23. The average molecular weight is 266 g/mol. The van der Waals surface area contributed by atoms with Gasteiger partial charge in [-0.25, -0.2) is 4.39 Å². The van der Waals surface area contributed by atoms with Gasteiger partial charge in [-0.05, 0) is 31.0 Å². The maximum absolute atomic E-state index is 13.0. The SMILES string of the molecule is O=C(CN(CCO)C1CCC1)Nc1cccc(F)c1. The number of carbonyl (C=O) groups excluding carboxylic acids is 1. The van der Waals surface area contributed by atoms with Crippen LogP contribution in [0.4, 0.5) is 10.1 Å². The van der Waals surface area contributed by atoms with Crippen LogP contribution in [-0.4, -0.2) is 41.7 Å². The maximum atomic E-state index is 13.0. The number of amides is 1. The van der Waals surface area contributed by atoms with Crippen molar-refractivity contribution in [2.75, 3.05) is 25.0 Å². The van der Waals surface area contributed by atoms with Gasteiger partial charge in [0.1, 0.15) is 5.82 Å². The molecule has 1 aromatic rings. The molecule has 0 bridgehead atoms. The molecule has 0 heterocycles. The molecule has 1 amide bonds. The lowest BCUT2D eigenvalue weighted by Crippen LogP contribution is -2.45. The Labute approximate surface area is 112 Å². The summed E-state index contributed by atoms with van der Waals surface area (Å²) in [6.07, 6.45) is 3.33. The molecule has 4 nitrogen and oxygen atoms in total. The number of hydrogen-bond acceptors (Lipinski definition) is 3. The molecule has 19 heavy (non-hydrogen) atoms. The van der Waals surface area contributed by atoms with E-state index in [1.54, 1.807) is 12.1 Å². The van der Waals surface area contributed by atoms with E-state index in [0.717, 1.165) is 12.8 Å². The quantitative estimate of drug-likeness (QED) is 0.822. The van der Waals surface area contributed by atoms with Gasteiger partial charge in [-0.1, -0.05) is 12.5 Å². The molecule has 5 heteroatoms. The third-order valence-corrected chi connectivity index (χ3v) is 3.43. The predicted molar refractivity (Wildman–Crippen MR) is 71.3 cm³/mol. The lowest BCUT2D eigenvalue weighted by molar-refractivity contribution is -0.118. The topological polar surface area (TPSA) is 52.6 Å². The van der Waals surface area contributed by atoms with Crippen LogP contribution in [0.15, 0.2) is 24.3 Å². The Balaban J connectivity index is 1.88. The van der Waals surface area contributed by atoms with Crippen LogP contribution in [0.3, 0.4) is 0 Å². The fourth-order valence-electron chi connectivity index (χ4n) is 2.22. The van der Waals surface area contributed by atoms with E-state index < -0.39 is 0 Å². The lowest BCUT2D eigenvalue weighted by Gasteiger charge is -2.36. The van der Waals surface area contributed by atoms with E-state index in [9.17, 15) is 9.18 Å². The molecule has 104 valence electrons. The first kappa shape index (κ1) is 14.0. The van der Waals surface area contributed by atoms with Crippen LogP contribution in [0.5, 0.6) is 0 Å². The number of nitrogens with zero attached hydrogens (tertiary/aromatic N) is 1. The molecule has 1 aliphatic rings. The molecule has 1 aromatic carbocycles. The standard InChI is InChI=1S/C14H19FN2O2/c15-11-3-1-4-12(9-11)16-14(19)10-17(7-8-18)13-5-2-6-13/h1,3-4,9,13,18H,2,5-8,10H2,(H,16,19). The van der Waals surface area contributed by atoms with E-state index in [1.165, 1.54) is 18.6 Å². The predicted octanol–water partition coefficient (Wildman–Crippen LogP) is 1.61. The highest BCUT2D eigenvalue weighted by molar-refractivity contribution is 5.92. The maximum Gasteiger partial charge on any atom is 0.238 e. The Morgan fingerprint density at radius 3 is 2.84 bits per heavy atom. The van der Waals surface area contributed by atoms with Crippen molar-refractivity contribution in [2.24, 2.45) is 0 Å². The van der Waals surface area contributed by atoms with E-state index in [4.69, 9.17) is 5.11 Å². The van der Waals surface area contributed by atoms with Gasteiger partial charge in [0.25, 0.3) is 0 Å². The molecular formula is C14H19FN2O2. The number of halogens is 1. The van der Waals surface area contributed by atoms with Crippen LogP contribution in [0.1, 0.15) is 19.3 Å². The number of aliphatic hydroxyl groups excluding tert-OH is 1. The van der Waals surface area contributed by atoms with Crippen LogP contribution in [-0.2, 0) is 4.79 Å².